The quantitative estimate of drug-likeness (QED) is 0.432. The molecular weight excluding hydrogens is 411 g/mol. The van der Waals surface area contributed by atoms with Gasteiger partial charge in [-0.25, -0.2) is 14.2 Å². The predicted octanol–water partition coefficient (Wildman–Crippen LogP) is 4.64. The Hall–Kier alpha value is -3.26. The van der Waals surface area contributed by atoms with Gasteiger partial charge >= 0.3 is 5.97 Å². The van der Waals surface area contributed by atoms with Crippen molar-refractivity contribution < 1.29 is 19.4 Å². The summed E-state index contributed by atoms with van der Waals surface area (Å²) in [5.74, 6) is -1.26. The fourth-order valence-electron chi connectivity index (χ4n) is 5.05. The highest BCUT2D eigenvalue weighted by Crippen LogP contribution is 2.45. The van der Waals surface area contributed by atoms with Gasteiger partial charge in [-0.3, -0.25) is 5.10 Å². The molecule has 3 N–H and O–H groups in total. The van der Waals surface area contributed by atoms with Crippen LogP contribution in [0.3, 0.4) is 0 Å². The van der Waals surface area contributed by atoms with Gasteiger partial charge in [-0.1, -0.05) is 13.8 Å². The number of H-pyrrole nitrogens is 1. The Balaban J connectivity index is 1.75. The highest BCUT2D eigenvalue weighted by atomic mass is 19.1. The standard InChI is InChI=1S/C24H25FN4O3/c1-13(2)21-19(14-7-9-24(32,10-8-14)23(30)31)20-18(11-15-12-26-28-22(15)27-20)29(21)17-5-3-16(25)4-6-17/h3-6,11-14,32H,7-10H2,1-2H3,(H,30,31)(H,26,27,28). The SMILES string of the molecule is CC(C)c1c(C2CCC(O)(C(=O)O)CC2)c2nc3[nH]ncc3cc2n1-c1ccc(F)cc1. The van der Waals surface area contributed by atoms with Crippen LogP contribution < -0.4 is 0 Å². The van der Waals surface area contributed by atoms with Gasteiger partial charge in [-0.15, -0.1) is 0 Å². The van der Waals surface area contributed by atoms with Crippen LogP contribution in [0.25, 0.3) is 27.8 Å². The second-order valence-corrected chi connectivity index (χ2v) is 9.04. The number of nitrogens with one attached hydrogen (secondary N) is 1. The lowest BCUT2D eigenvalue weighted by Crippen LogP contribution is -2.41. The Morgan fingerprint density at radius 3 is 2.56 bits per heavy atom. The molecular formula is C24H25FN4O3. The molecule has 4 aromatic rings. The van der Waals surface area contributed by atoms with Gasteiger partial charge in [0.25, 0.3) is 0 Å². The summed E-state index contributed by atoms with van der Waals surface area (Å²) in [5, 5.41) is 27.8. The van der Waals surface area contributed by atoms with E-state index in [-0.39, 0.29) is 30.5 Å². The number of carboxylic acid groups (broad SMARTS) is 1. The Labute approximate surface area is 183 Å². The van der Waals surface area contributed by atoms with Crippen molar-refractivity contribution in [1.29, 1.82) is 0 Å². The van der Waals surface area contributed by atoms with Crippen molar-refractivity contribution in [2.45, 2.75) is 57.0 Å². The fourth-order valence-corrected chi connectivity index (χ4v) is 5.05. The molecule has 1 aliphatic rings. The van der Waals surface area contributed by atoms with Crippen LogP contribution in [0, 0.1) is 5.82 Å². The van der Waals surface area contributed by atoms with Crippen LogP contribution >= 0.6 is 0 Å². The minimum Gasteiger partial charge on any atom is -0.479 e. The average molecular weight is 436 g/mol. The van der Waals surface area contributed by atoms with Crippen molar-refractivity contribution in [3.05, 3.63) is 53.6 Å². The van der Waals surface area contributed by atoms with E-state index in [1.807, 2.05) is 6.07 Å². The zero-order valence-corrected chi connectivity index (χ0v) is 18.0. The van der Waals surface area contributed by atoms with E-state index in [1.165, 1.54) is 12.1 Å². The third-order valence-electron chi connectivity index (χ3n) is 6.67. The van der Waals surface area contributed by atoms with Crippen LogP contribution in [0.1, 0.15) is 62.6 Å². The number of fused-ring (bicyclic) bond motifs is 2. The first-order valence-corrected chi connectivity index (χ1v) is 10.9. The lowest BCUT2D eigenvalue weighted by molar-refractivity contribution is -0.162. The molecule has 8 heteroatoms. The zero-order chi connectivity index (χ0) is 22.6. The van der Waals surface area contributed by atoms with Gasteiger partial charge in [0, 0.05) is 22.3 Å². The lowest BCUT2D eigenvalue weighted by Gasteiger charge is -2.33. The van der Waals surface area contributed by atoms with Gasteiger partial charge in [-0.05, 0) is 67.9 Å². The highest BCUT2D eigenvalue weighted by molar-refractivity contribution is 5.93. The molecule has 0 saturated heterocycles. The molecule has 0 radical (unpaired) electrons. The number of benzene rings is 1. The number of aromatic amines is 1. The number of nitrogens with zero attached hydrogens (tertiary/aromatic N) is 3. The molecule has 3 heterocycles. The van der Waals surface area contributed by atoms with Crippen LogP contribution in [0.4, 0.5) is 4.39 Å². The number of pyridine rings is 1. The van der Waals surface area contributed by atoms with Crippen LogP contribution in [-0.4, -0.2) is 41.5 Å². The molecule has 3 aromatic heterocycles. The van der Waals surface area contributed by atoms with Gasteiger partial charge in [0.15, 0.2) is 11.2 Å². The number of carbonyl (C=O) groups is 1. The monoisotopic (exact) mass is 436 g/mol. The lowest BCUT2D eigenvalue weighted by atomic mass is 9.75. The molecule has 5 rings (SSSR count). The predicted molar refractivity (Wildman–Crippen MR) is 119 cm³/mol. The molecule has 0 bridgehead atoms. The number of carboxylic acids is 1. The van der Waals surface area contributed by atoms with E-state index in [0.29, 0.717) is 18.5 Å². The molecule has 1 aromatic carbocycles. The van der Waals surface area contributed by atoms with Crippen molar-refractivity contribution in [3.8, 4) is 5.69 Å². The zero-order valence-electron chi connectivity index (χ0n) is 18.0. The molecule has 0 atom stereocenters. The summed E-state index contributed by atoms with van der Waals surface area (Å²) in [6, 6.07) is 8.45. The molecule has 166 valence electrons. The van der Waals surface area contributed by atoms with Crippen molar-refractivity contribution >= 4 is 28.0 Å². The van der Waals surface area contributed by atoms with E-state index in [4.69, 9.17) is 4.98 Å². The normalized spacial score (nSPS) is 21.6. The number of hydrogen-bond donors (Lipinski definition) is 3. The Morgan fingerprint density at radius 1 is 1.25 bits per heavy atom. The first kappa shape index (κ1) is 20.6. The number of aromatic nitrogens is 4. The van der Waals surface area contributed by atoms with E-state index in [0.717, 1.165) is 33.4 Å². The van der Waals surface area contributed by atoms with Crippen molar-refractivity contribution in [2.75, 3.05) is 0 Å². The number of halogens is 1. The summed E-state index contributed by atoms with van der Waals surface area (Å²) in [6.07, 6.45) is 3.22. The molecule has 0 amide bonds. The van der Waals surface area contributed by atoms with Crippen molar-refractivity contribution in [3.63, 3.8) is 0 Å². The number of aliphatic hydroxyl groups is 1. The highest BCUT2D eigenvalue weighted by Gasteiger charge is 2.42. The van der Waals surface area contributed by atoms with Gasteiger partial charge in [0.1, 0.15) is 5.82 Å². The van der Waals surface area contributed by atoms with Crippen LogP contribution in [0.2, 0.25) is 0 Å². The summed E-state index contributed by atoms with van der Waals surface area (Å²) < 4.78 is 15.8. The Kier molecular flexibility index (Phi) is 4.78. The summed E-state index contributed by atoms with van der Waals surface area (Å²) in [6.45, 7) is 4.23. The summed E-state index contributed by atoms with van der Waals surface area (Å²) in [5.41, 5.74) is 3.74. The van der Waals surface area contributed by atoms with E-state index in [2.05, 4.69) is 28.6 Å². The smallest absolute Gasteiger partial charge is 0.335 e. The number of aliphatic carboxylic acids is 1. The van der Waals surface area contributed by atoms with Gasteiger partial charge in [0.2, 0.25) is 0 Å². The number of rotatable bonds is 4. The van der Waals surface area contributed by atoms with E-state index in [9.17, 15) is 19.4 Å². The molecule has 0 spiro atoms. The topological polar surface area (TPSA) is 104 Å². The van der Waals surface area contributed by atoms with E-state index < -0.39 is 11.6 Å². The Morgan fingerprint density at radius 2 is 1.94 bits per heavy atom. The average Bonchev–Trinajstić information content (AvgIpc) is 3.35. The molecule has 0 aliphatic heterocycles. The molecule has 32 heavy (non-hydrogen) atoms. The summed E-state index contributed by atoms with van der Waals surface area (Å²) in [4.78, 5) is 16.4. The summed E-state index contributed by atoms with van der Waals surface area (Å²) >= 11 is 0. The van der Waals surface area contributed by atoms with Crippen molar-refractivity contribution in [2.24, 2.45) is 0 Å². The molecule has 0 unspecified atom stereocenters. The number of hydrogen-bond acceptors (Lipinski definition) is 4. The van der Waals surface area contributed by atoms with E-state index in [1.54, 1.807) is 18.3 Å². The van der Waals surface area contributed by atoms with Gasteiger partial charge in [0.05, 0.1) is 17.2 Å². The van der Waals surface area contributed by atoms with Crippen LogP contribution in [-0.2, 0) is 4.79 Å². The molecule has 1 aliphatic carbocycles. The third kappa shape index (κ3) is 3.17. The van der Waals surface area contributed by atoms with Crippen LogP contribution in [0.5, 0.6) is 0 Å². The maximum Gasteiger partial charge on any atom is 0.335 e. The second-order valence-electron chi connectivity index (χ2n) is 9.04. The Bertz CT molecular complexity index is 1310. The van der Waals surface area contributed by atoms with Gasteiger partial charge < -0.3 is 14.8 Å². The maximum atomic E-state index is 13.7. The second kappa shape index (κ2) is 7.41. The molecule has 1 saturated carbocycles. The minimum atomic E-state index is -1.67. The largest absolute Gasteiger partial charge is 0.479 e. The van der Waals surface area contributed by atoms with Gasteiger partial charge in [-0.2, -0.15) is 5.10 Å². The van der Waals surface area contributed by atoms with Crippen molar-refractivity contribution in [1.82, 2.24) is 19.7 Å². The van der Waals surface area contributed by atoms with E-state index >= 15 is 0 Å². The first-order chi connectivity index (χ1) is 15.3. The van der Waals surface area contributed by atoms with Crippen LogP contribution in [0.15, 0.2) is 36.5 Å². The molecule has 1 fully saturated rings. The molecule has 7 nitrogen and oxygen atoms in total. The third-order valence-corrected chi connectivity index (χ3v) is 6.67. The first-order valence-electron chi connectivity index (χ1n) is 10.9. The fraction of sp³-hybridized carbons (Fsp3) is 0.375. The summed E-state index contributed by atoms with van der Waals surface area (Å²) in [7, 11) is 0. The maximum absolute atomic E-state index is 13.7. The minimum absolute atomic E-state index is 0.0593.